The Hall–Kier alpha value is -0.630. The van der Waals surface area contributed by atoms with E-state index in [2.05, 4.69) is 39.8 Å². The number of hydrogen-bond acceptors (Lipinski definition) is 2. The second kappa shape index (κ2) is 8.84. The Morgan fingerprint density at radius 3 is 2.12 bits per heavy atom. The second-order valence-electron chi connectivity index (χ2n) is 8.54. The van der Waals surface area contributed by atoms with Crippen LogP contribution in [0.2, 0.25) is 0 Å². The van der Waals surface area contributed by atoms with Gasteiger partial charge in [0.25, 0.3) is 7.52 Å². The number of benzene rings is 1. The van der Waals surface area contributed by atoms with E-state index in [0.29, 0.717) is 6.61 Å². The minimum absolute atomic E-state index is 0.0327. The third kappa shape index (κ3) is 5.42. The summed E-state index contributed by atoms with van der Waals surface area (Å²) in [4.78, 5) is 0. The van der Waals surface area contributed by atoms with Gasteiger partial charge in [-0.05, 0) is 58.6 Å². The van der Waals surface area contributed by atoms with Crippen LogP contribution in [0, 0.1) is 5.41 Å². The Morgan fingerprint density at radius 2 is 1.68 bits per heavy atom. The van der Waals surface area contributed by atoms with Crippen LogP contribution in [-0.4, -0.2) is 23.5 Å². The number of nitrogens with zero attached hydrogens (tertiary/aromatic N) is 1. The summed E-state index contributed by atoms with van der Waals surface area (Å²) in [7, 11) is -1.08. The van der Waals surface area contributed by atoms with Crippen LogP contribution in [-0.2, 0) is 9.09 Å². The minimum Gasteiger partial charge on any atom is -0.316 e. The molecule has 1 aromatic carbocycles. The van der Waals surface area contributed by atoms with E-state index in [-0.39, 0.29) is 11.5 Å². The quantitative estimate of drug-likeness (QED) is 0.444. The molecule has 3 atom stereocenters. The highest BCUT2D eigenvalue weighted by Gasteiger charge is 2.45. The standard InChI is InChI=1S/C21H38NO2P/c1-9-16-21(7,10-2)17-24-25(23,20(4,5)6)22(8)18(3)19-14-12-11-13-15-19/h11-15,18H,9-10,16-17H2,1-8H3/t18-,21?,25?/m1/s1. The first-order chi connectivity index (χ1) is 11.5. The summed E-state index contributed by atoms with van der Waals surface area (Å²) in [5.41, 5.74) is 1.23. The zero-order valence-electron chi connectivity index (χ0n) is 17.5. The van der Waals surface area contributed by atoms with Gasteiger partial charge in [0, 0.05) is 6.04 Å². The lowest BCUT2D eigenvalue weighted by molar-refractivity contribution is 0.127. The van der Waals surface area contributed by atoms with E-state index in [1.54, 1.807) is 0 Å². The molecule has 0 saturated carbocycles. The molecule has 1 aromatic rings. The first-order valence-corrected chi connectivity index (χ1v) is 11.1. The van der Waals surface area contributed by atoms with E-state index >= 15 is 0 Å². The first kappa shape index (κ1) is 22.4. The van der Waals surface area contributed by atoms with Crippen molar-refractivity contribution in [3.63, 3.8) is 0 Å². The third-order valence-electron chi connectivity index (χ3n) is 5.40. The lowest BCUT2D eigenvalue weighted by atomic mass is 9.84. The van der Waals surface area contributed by atoms with Gasteiger partial charge in [-0.2, -0.15) is 0 Å². The molecule has 4 heteroatoms. The van der Waals surface area contributed by atoms with Gasteiger partial charge in [0.1, 0.15) is 0 Å². The Morgan fingerprint density at radius 1 is 1.12 bits per heavy atom. The van der Waals surface area contributed by atoms with Gasteiger partial charge in [-0.1, -0.05) is 57.5 Å². The number of hydrogen-bond donors (Lipinski definition) is 0. The van der Waals surface area contributed by atoms with Crippen molar-refractivity contribution >= 4 is 7.52 Å². The summed E-state index contributed by atoms with van der Waals surface area (Å²) in [6, 6.07) is 10.3. The fourth-order valence-electron chi connectivity index (χ4n) is 3.13. The molecule has 1 rings (SSSR count). The molecule has 0 saturated heterocycles. The van der Waals surface area contributed by atoms with Gasteiger partial charge in [-0.15, -0.1) is 0 Å². The smallest absolute Gasteiger partial charge is 0.277 e. The normalized spacial score (nSPS) is 18.6. The predicted octanol–water partition coefficient (Wildman–Crippen LogP) is 6.90. The second-order valence-corrected chi connectivity index (χ2v) is 11.8. The van der Waals surface area contributed by atoms with Crippen molar-refractivity contribution in [2.75, 3.05) is 13.7 Å². The molecule has 25 heavy (non-hydrogen) atoms. The molecule has 0 aliphatic carbocycles. The minimum atomic E-state index is -3.02. The third-order valence-corrected chi connectivity index (χ3v) is 8.75. The summed E-state index contributed by atoms with van der Waals surface area (Å²) in [6.45, 7) is 15.3. The van der Waals surface area contributed by atoms with Crippen molar-refractivity contribution in [3.8, 4) is 0 Å². The summed E-state index contributed by atoms with van der Waals surface area (Å²) in [6.07, 6.45) is 3.23. The molecule has 144 valence electrons. The van der Waals surface area contributed by atoms with Crippen LogP contribution in [0.3, 0.4) is 0 Å². The van der Waals surface area contributed by atoms with Gasteiger partial charge in [0.2, 0.25) is 0 Å². The van der Waals surface area contributed by atoms with Gasteiger partial charge in [-0.25, -0.2) is 4.67 Å². The van der Waals surface area contributed by atoms with Crippen molar-refractivity contribution in [3.05, 3.63) is 35.9 Å². The van der Waals surface area contributed by atoms with E-state index in [4.69, 9.17) is 4.52 Å². The highest BCUT2D eigenvalue weighted by molar-refractivity contribution is 7.58. The molecule has 0 radical (unpaired) electrons. The van der Waals surface area contributed by atoms with Crippen LogP contribution >= 0.6 is 7.52 Å². The lowest BCUT2D eigenvalue weighted by Crippen LogP contribution is -2.33. The summed E-state index contributed by atoms with van der Waals surface area (Å²) in [5.74, 6) is 0. The summed E-state index contributed by atoms with van der Waals surface area (Å²) >= 11 is 0. The van der Waals surface area contributed by atoms with Crippen LogP contribution in [0.15, 0.2) is 30.3 Å². The monoisotopic (exact) mass is 367 g/mol. The highest BCUT2D eigenvalue weighted by atomic mass is 31.2. The summed E-state index contributed by atoms with van der Waals surface area (Å²) in [5, 5.41) is -0.439. The molecule has 0 fully saturated rings. The summed E-state index contributed by atoms with van der Waals surface area (Å²) < 4.78 is 22.3. The zero-order chi connectivity index (χ0) is 19.3. The molecule has 3 nitrogen and oxygen atoms in total. The molecule has 0 bridgehead atoms. The van der Waals surface area contributed by atoms with Gasteiger partial charge >= 0.3 is 0 Å². The van der Waals surface area contributed by atoms with E-state index in [1.165, 1.54) is 0 Å². The van der Waals surface area contributed by atoms with Gasteiger partial charge in [0.15, 0.2) is 0 Å². The predicted molar refractivity (Wildman–Crippen MR) is 109 cm³/mol. The lowest BCUT2D eigenvalue weighted by Gasteiger charge is -2.42. The van der Waals surface area contributed by atoms with Crippen LogP contribution < -0.4 is 0 Å². The van der Waals surface area contributed by atoms with Crippen LogP contribution in [0.4, 0.5) is 0 Å². The Balaban J connectivity index is 3.08. The molecule has 0 aliphatic rings. The zero-order valence-corrected chi connectivity index (χ0v) is 18.4. The topological polar surface area (TPSA) is 29.5 Å². The van der Waals surface area contributed by atoms with Crippen LogP contribution in [0.5, 0.6) is 0 Å². The van der Waals surface area contributed by atoms with Crippen molar-refractivity contribution in [2.45, 2.75) is 78.9 Å². The maximum absolute atomic E-state index is 14.0. The van der Waals surface area contributed by atoms with Crippen molar-refractivity contribution < 1.29 is 9.09 Å². The van der Waals surface area contributed by atoms with Crippen LogP contribution in [0.1, 0.15) is 79.3 Å². The van der Waals surface area contributed by atoms with Crippen molar-refractivity contribution in [1.82, 2.24) is 4.67 Å². The van der Waals surface area contributed by atoms with Crippen molar-refractivity contribution in [1.29, 1.82) is 0 Å². The molecule has 2 unspecified atom stereocenters. The molecule has 0 aliphatic heterocycles. The van der Waals surface area contributed by atoms with Gasteiger partial charge in [-0.3, -0.25) is 4.57 Å². The van der Waals surface area contributed by atoms with Gasteiger partial charge < -0.3 is 4.52 Å². The van der Waals surface area contributed by atoms with E-state index in [9.17, 15) is 4.57 Å². The Bertz CT molecular complexity index is 567. The largest absolute Gasteiger partial charge is 0.316 e. The molecule has 0 spiro atoms. The maximum atomic E-state index is 14.0. The van der Waals surface area contributed by atoms with Crippen LogP contribution in [0.25, 0.3) is 0 Å². The van der Waals surface area contributed by atoms with Gasteiger partial charge in [0.05, 0.1) is 11.8 Å². The molecular formula is C21H38NO2P. The average molecular weight is 368 g/mol. The molecule has 0 heterocycles. The van der Waals surface area contributed by atoms with E-state index < -0.39 is 12.7 Å². The SMILES string of the molecule is CCCC(C)(CC)COP(=O)(N(C)[C@H](C)c1ccccc1)C(C)(C)C. The average Bonchev–Trinajstić information content (AvgIpc) is 2.58. The highest BCUT2D eigenvalue weighted by Crippen LogP contribution is 2.63. The Labute approximate surface area is 155 Å². The molecule has 0 N–H and O–H groups in total. The maximum Gasteiger partial charge on any atom is 0.277 e. The van der Waals surface area contributed by atoms with Crippen molar-refractivity contribution in [2.24, 2.45) is 5.41 Å². The molecular weight excluding hydrogens is 329 g/mol. The molecule has 0 aromatic heterocycles. The Kier molecular flexibility index (Phi) is 7.93. The number of rotatable bonds is 9. The fourth-order valence-corrected chi connectivity index (χ4v) is 5.72. The van der Waals surface area contributed by atoms with E-state index in [0.717, 1.165) is 24.8 Å². The van der Waals surface area contributed by atoms with E-state index in [1.807, 2.05) is 50.7 Å². The fraction of sp³-hybridized carbons (Fsp3) is 0.714. The molecule has 0 amide bonds. The first-order valence-electron chi connectivity index (χ1n) is 9.53.